The Morgan fingerprint density at radius 1 is 1.73 bits per heavy atom. The molecule has 0 spiro atoms. The molecule has 1 aliphatic rings. The molecule has 5 nitrogen and oxygen atoms in total. The molecule has 0 saturated carbocycles. The van der Waals surface area contributed by atoms with Gasteiger partial charge in [0.2, 0.25) is 0 Å². The van der Waals surface area contributed by atoms with Gasteiger partial charge in [-0.1, -0.05) is 0 Å². The number of hydrogen-bond acceptors (Lipinski definition) is 6. The number of anilines is 1. The number of likely N-dealkylation sites (N-methyl/N-ethyl adjacent to an activating group) is 1. The number of nitrogens with one attached hydrogen (secondary N) is 1. The predicted molar refractivity (Wildman–Crippen MR) is 58.4 cm³/mol. The van der Waals surface area contributed by atoms with Gasteiger partial charge in [0.15, 0.2) is 10.8 Å². The molecule has 0 unspecified atom stereocenters. The third kappa shape index (κ3) is 2.27. The molecule has 1 saturated heterocycles. The van der Waals surface area contributed by atoms with E-state index in [9.17, 15) is 4.79 Å². The van der Waals surface area contributed by atoms with Crippen molar-refractivity contribution in [1.82, 2.24) is 9.88 Å². The van der Waals surface area contributed by atoms with E-state index in [1.807, 2.05) is 0 Å². The standard InChI is InChI=1S/C9H13N3O2S/c1-12-3-6(4-12)10-9-11-7(5-15-9)8(13)14-2/h5-6H,3-4H2,1-2H3,(H,10,11). The number of thiazole rings is 1. The Labute approximate surface area is 92.1 Å². The van der Waals surface area contributed by atoms with Gasteiger partial charge in [0.25, 0.3) is 0 Å². The molecule has 2 rings (SSSR count). The number of carbonyl (C=O) groups excluding carboxylic acids is 1. The summed E-state index contributed by atoms with van der Waals surface area (Å²) in [6.45, 7) is 2.04. The quantitative estimate of drug-likeness (QED) is 0.769. The summed E-state index contributed by atoms with van der Waals surface area (Å²) in [7, 11) is 3.43. The largest absolute Gasteiger partial charge is 0.464 e. The van der Waals surface area contributed by atoms with Crippen molar-refractivity contribution in [3.8, 4) is 0 Å². The molecule has 0 atom stereocenters. The van der Waals surface area contributed by atoms with Gasteiger partial charge in [-0.2, -0.15) is 0 Å². The lowest BCUT2D eigenvalue weighted by molar-refractivity contribution is 0.0595. The lowest BCUT2D eigenvalue weighted by atomic mass is 10.1. The summed E-state index contributed by atoms with van der Waals surface area (Å²) in [6, 6.07) is 0.451. The Morgan fingerprint density at radius 2 is 2.47 bits per heavy atom. The van der Waals surface area contributed by atoms with Gasteiger partial charge in [-0.15, -0.1) is 11.3 Å². The molecule has 0 aromatic carbocycles. The zero-order chi connectivity index (χ0) is 10.8. The molecule has 2 heterocycles. The molecule has 1 fully saturated rings. The fraction of sp³-hybridized carbons (Fsp3) is 0.556. The minimum absolute atomic E-state index is 0.373. The molecule has 1 N–H and O–H groups in total. The van der Waals surface area contributed by atoms with E-state index in [2.05, 4.69) is 27.0 Å². The van der Waals surface area contributed by atoms with Crippen molar-refractivity contribution in [2.24, 2.45) is 0 Å². The first-order chi connectivity index (χ1) is 7.19. The molecule has 0 amide bonds. The van der Waals surface area contributed by atoms with E-state index in [0.717, 1.165) is 18.2 Å². The van der Waals surface area contributed by atoms with Crippen molar-refractivity contribution in [2.45, 2.75) is 6.04 Å². The molecule has 1 aliphatic heterocycles. The van der Waals surface area contributed by atoms with E-state index in [4.69, 9.17) is 0 Å². The minimum Gasteiger partial charge on any atom is -0.464 e. The third-order valence-electron chi connectivity index (χ3n) is 2.29. The van der Waals surface area contributed by atoms with Gasteiger partial charge in [0.1, 0.15) is 0 Å². The lowest BCUT2D eigenvalue weighted by Gasteiger charge is -2.36. The van der Waals surface area contributed by atoms with Crippen LogP contribution in [0.25, 0.3) is 0 Å². The van der Waals surface area contributed by atoms with Crippen molar-refractivity contribution in [2.75, 3.05) is 32.6 Å². The van der Waals surface area contributed by atoms with E-state index in [1.54, 1.807) is 5.38 Å². The van der Waals surface area contributed by atoms with Crippen LogP contribution in [0.4, 0.5) is 5.13 Å². The molecule has 0 radical (unpaired) electrons. The number of likely N-dealkylation sites (tertiary alicyclic amines) is 1. The first-order valence-corrected chi connectivity index (χ1v) is 5.56. The van der Waals surface area contributed by atoms with Crippen LogP contribution in [-0.2, 0) is 4.74 Å². The second-order valence-corrected chi connectivity index (χ2v) is 4.45. The number of esters is 1. The number of hydrogen-bond donors (Lipinski definition) is 1. The number of rotatable bonds is 3. The monoisotopic (exact) mass is 227 g/mol. The highest BCUT2D eigenvalue weighted by Crippen LogP contribution is 2.19. The van der Waals surface area contributed by atoms with Gasteiger partial charge in [-0.05, 0) is 7.05 Å². The Morgan fingerprint density at radius 3 is 3.07 bits per heavy atom. The summed E-state index contributed by atoms with van der Waals surface area (Å²) < 4.78 is 4.58. The van der Waals surface area contributed by atoms with Crippen LogP contribution in [0.3, 0.4) is 0 Å². The van der Waals surface area contributed by atoms with Crippen LogP contribution in [0, 0.1) is 0 Å². The highest BCUT2D eigenvalue weighted by Gasteiger charge is 2.23. The van der Waals surface area contributed by atoms with Gasteiger partial charge in [0.05, 0.1) is 13.2 Å². The summed E-state index contributed by atoms with van der Waals surface area (Å²) >= 11 is 1.43. The summed E-state index contributed by atoms with van der Waals surface area (Å²) in [5.41, 5.74) is 0.373. The van der Waals surface area contributed by atoms with E-state index in [-0.39, 0.29) is 5.97 Å². The fourth-order valence-electron chi connectivity index (χ4n) is 1.50. The van der Waals surface area contributed by atoms with Gasteiger partial charge >= 0.3 is 5.97 Å². The molecule has 1 aromatic heterocycles. The Kier molecular flexibility index (Phi) is 2.88. The Balaban J connectivity index is 1.92. The zero-order valence-corrected chi connectivity index (χ0v) is 9.50. The van der Waals surface area contributed by atoms with Gasteiger partial charge < -0.3 is 15.0 Å². The Bertz CT molecular complexity index is 360. The fourth-order valence-corrected chi connectivity index (χ4v) is 2.26. The normalized spacial score (nSPS) is 17.2. The minimum atomic E-state index is -0.384. The molecule has 6 heteroatoms. The highest BCUT2D eigenvalue weighted by atomic mass is 32.1. The van der Waals surface area contributed by atoms with Crippen LogP contribution in [0.5, 0.6) is 0 Å². The number of methoxy groups -OCH3 is 1. The summed E-state index contributed by atoms with van der Waals surface area (Å²) in [4.78, 5) is 17.5. The Hall–Kier alpha value is -1.14. The SMILES string of the molecule is COC(=O)c1csc(NC2CN(C)C2)n1. The van der Waals surface area contributed by atoms with Gasteiger partial charge in [0, 0.05) is 18.5 Å². The summed E-state index contributed by atoms with van der Waals surface area (Å²) in [6.07, 6.45) is 0. The van der Waals surface area contributed by atoms with Crippen molar-refractivity contribution in [1.29, 1.82) is 0 Å². The van der Waals surface area contributed by atoms with Crippen LogP contribution in [0.15, 0.2) is 5.38 Å². The second-order valence-electron chi connectivity index (χ2n) is 3.59. The van der Waals surface area contributed by atoms with Crippen molar-refractivity contribution < 1.29 is 9.53 Å². The summed E-state index contributed by atoms with van der Waals surface area (Å²) in [5, 5.41) is 5.76. The average Bonchev–Trinajstić information content (AvgIpc) is 2.63. The summed E-state index contributed by atoms with van der Waals surface area (Å²) in [5.74, 6) is -0.384. The zero-order valence-electron chi connectivity index (χ0n) is 8.69. The topological polar surface area (TPSA) is 54.5 Å². The predicted octanol–water partition coefficient (Wildman–Crippen LogP) is 0.656. The lowest BCUT2D eigenvalue weighted by Crippen LogP contribution is -2.52. The number of ether oxygens (including phenoxy) is 1. The van der Waals surface area contributed by atoms with E-state index < -0.39 is 0 Å². The van der Waals surface area contributed by atoms with Crippen LogP contribution >= 0.6 is 11.3 Å². The number of aromatic nitrogens is 1. The molecule has 1 aromatic rings. The van der Waals surface area contributed by atoms with Crippen LogP contribution in [0.1, 0.15) is 10.5 Å². The first-order valence-electron chi connectivity index (χ1n) is 4.68. The van der Waals surface area contributed by atoms with E-state index >= 15 is 0 Å². The molecule has 82 valence electrons. The maximum absolute atomic E-state index is 11.1. The van der Waals surface area contributed by atoms with Gasteiger partial charge in [-0.25, -0.2) is 9.78 Å². The second kappa shape index (κ2) is 4.16. The first kappa shape index (κ1) is 10.4. The van der Waals surface area contributed by atoms with Crippen molar-refractivity contribution in [3.63, 3.8) is 0 Å². The van der Waals surface area contributed by atoms with E-state index in [0.29, 0.717) is 11.7 Å². The van der Waals surface area contributed by atoms with Crippen LogP contribution in [0.2, 0.25) is 0 Å². The smallest absolute Gasteiger partial charge is 0.357 e. The van der Waals surface area contributed by atoms with Crippen LogP contribution in [-0.4, -0.2) is 49.1 Å². The number of nitrogens with zero attached hydrogens (tertiary/aromatic N) is 2. The van der Waals surface area contributed by atoms with Crippen LogP contribution < -0.4 is 5.32 Å². The third-order valence-corrected chi connectivity index (χ3v) is 3.06. The van der Waals surface area contributed by atoms with Crippen molar-refractivity contribution >= 4 is 22.4 Å². The van der Waals surface area contributed by atoms with Gasteiger partial charge in [-0.3, -0.25) is 0 Å². The van der Waals surface area contributed by atoms with Crippen molar-refractivity contribution in [3.05, 3.63) is 11.1 Å². The molecule has 0 bridgehead atoms. The maximum Gasteiger partial charge on any atom is 0.357 e. The molecule has 15 heavy (non-hydrogen) atoms. The number of carbonyl (C=O) groups is 1. The van der Waals surface area contributed by atoms with E-state index in [1.165, 1.54) is 18.4 Å². The molecular formula is C9H13N3O2S. The molecule has 0 aliphatic carbocycles. The maximum atomic E-state index is 11.1. The molecular weight excluding hydrogens is 214 g/mol. The highest BCUT2D eigenvalue weighted by molar-refractivity contribution is 7.13. The average molecular weight is 227 g/mol.